The van der Waals surface area contributed by atoms with Crippen LogP contribution in [0.5, 0.6) is 0 Å². The molecule has 4 aromatic rings. The van der Waals surface area contributed by atoms with Crippen LogP contribution < -0.4 is 0 Å². The normalized spacial score (nSPS) is 11.6. The Morgan fingerprint density at radius 3 is 1.97 bits per heavy atom. The molecule has 0 aliphatic carbocycles. The Kier molecular flexibility index (Phi) is 5.23. The lowest BCUT2D eigenvalue weighted by Crippen LogP contribution is -2.04. The van der Waals surface area contributed by atoms with Crippen LogP contribution in [-0.2, 0) is 6.18 Å². The second-order valence-electron chi connectivity index (χ2n) is 6.34. The van der Waals surface area contributed by atoms with Crippen molar-refractivity contribution in [3.8, 4) is 28.2 Å². The van der Waals surface area contributed by atoms with Crippen molar-refractivity contribution in [1.29, 1.82) is 0 Å². The number of halogens is 5. The molecule has 2 nitrogen and oxygen atoms in total. The molecule has 7 heteroatoms. The van der Waals surface area contributed by atoms with Crippen molar-refractivity contribution < 1.29 is 13.2 Å². The quantitative estimate of drug-likeness (QED) is 0.296. The molecule has 29 heavy (non-hydrogen) atoms. The maximum absolute atomic E-state index is 13.0. The third-order valence-electron chi connectivity index (χ3n) is 4.43. The van der Waals surface area contributed by atoms with Gasteiger partial charge < -0.3 is 0 Å². The molecule has 4 rings (SSSR count). The highest BCUT2D eigenvalue weighted by atomic mass is 79.9. The summed E-state index contributed by atoms with van der Waals surface area (Å²) in [4.78, 5) is 0. The highest BCUT2D eigenvalue weighted by molar-refractivity contribution is 9.10. The molecule has 0 spiro atoms. The summed E-state index contributed by atoms with van der Waals surface area (Å²) >= 11 is 9.60. The van der Waals surface area contributed by atoms with Crippen LogP contribution in [0.3, 0.4) is 0 Å². The van der Waals surface area contributed by atoms with E-state index >= 15 is 0 Å². The first-order valence-electron chi connectivity index (χ1n) is 8.62. The minimum Gasteiger partial charge on any atom is -0.231 e. The average molecular weight is 478 g/mol. The number of benzene rings is 3. The summed E-state index contributed by atoms with van der Waals surface area (Å²) in [5, 5.41) is 5.34. The Morgan fingerprint density at radius 2 is 1.38 bits per heavy atom. The Bertz CT molecular complexity index is 1140. The molecular formula is C22H13BrClF3N2. The van der Waals surface area contributed by atoms with Crippen molar-refractivity contribution in [1.82, 2.24) is 9.78 Å². The fourth-order valence-electron chi connectivity index (χ4n) is 3.01. The molecule has 1 aromatic heterocycles. The Balaban J connectivity index is 1.91. The second kappa shape index (κ2) is 7.69. The van der Waals surface area contributed by atoms with Crippen LogP contribution >= 0.6 is 27.5 Å². The number of hydrogen-bond acceptors (Lipinski definition) is 1. The van der Waals surface area contributed by atoms with E-state index in [4.69, 9.17) is 16.7 Å². The predicted molar refractivity (Wildman–Crippen MR) is 112 cm³/mol. The van der Waals surface area contributed by atoms with Gasteiger partial charge in [0, 0.05) is 16.1 Å². The zero-order valence-corrected chi connectivity index (χ0v) is 17.1. The molecule has 0 radical (unpaired) electrons. The van der Waals surface area contributed by atoms with E-state index in [0.717, 1.165) is 23.4 Å². The molecule has 0 saturated heterocycles. The molecule has 1 heterocycles. The fraction of sp³-hybridized carbons (Fsp3) is 0.0455. The molecule has 0 N–H and O–H groups in total. The molecule has 0 unspecified atom stereocenters. The minimum absolute atomic E-state index is 0.607. The van der Waals surface area contributed by atoms with Crippen molar-refractivity contribution >= 4 is 27.5 Å². The van der Waals surface area contributed by atoms with Gasteiger partial charge in [-0.2, -0.15) is 18.3 Å². The smallest absolute Gasteiger partial charge is 0.231 e. The predicted octanol–water partition coefficient (Wildman–Crippen LogP) is 7.64. The number of para-hydroxylation sites is 1. The summed E-state index contributed by atoms with van der Waals surface area (Å²) in [6, 6.07) is 21.7. The molecule has 0 saturated carbocycles. The van der Waals surface area contributed by atoms with Crippen molar-refractivity contribution in [2.45, 2.75) is 6.18 Å². The van der Waals surface area contributed by atoms with Gasteiger partial charge >= 0.3 is 6.18 Å². The van der Waals surface area contributed by atoms with Crippen molar-refractivity contribution in [2.24, 2.45) is 0 Å². The van der Waals surface area contributed by atoms with Crippen LogP contribution in [0.25, 0.3) is 28.2 Å². The monoisotopic (exact) mass is 476 g/mol. The molecule has 0 bridgehead atoms. The molecule has 3 aromatic carbocycles. The first kappa shape index (κ1) is 19.7. The first-order chi connectivity index (χ1) is 13.8. The van der Waals surface area contributed by atoms with Crippen LogP contribution in [0.1, 0.15) is 5.56 Å². The zero-order valence-electron chi connectivity index (χ0n) is 14.8. The average Bonchev–Trinajstić information content (AvgIpc) is 3.06. The highest BCUT2D eigenvalue weighted by Gasteiger charge is 2.30. The summed E-state index contributed by atoms with van der Waals surface area (Å²) in [6.45, 7) is 0. The first-order valence-corrected chi connectivity index (χ1v) is 9.79. The van der Waals surface area contributed by atoms with Gasteiger partial charge in [-0.15, -0.1) is 0 Å². The Hall–Kier alpha value is -2.57. The van der Waals surface area contributed by atoms with Gasteiger partial charge in [-0.05, 0) is 52.3 Å². The van der Waals surface area contributed by atoms with Crippen LogP contribution in [-0.4, -0.2) is 9.78 Å². The van der Waals surface area contributed by atoms with Gasteiger partial charge in [-0.3, -0.25) is 0 Å². The topological polar surface area (TPSA) is 17.8 Å². The molecule has 0 aliphatic heterocycles. The standard InChI is InChI=1S/C22H13BrClF3N2/c23-19-20(14-8-12-17(24)13-9-14)28-29(18-4-2-1-3-5-18)21(19)15-6-10-16(11-7-15)22(25,26)27/h1-13H. The summed E-state index contributed by atoms with van der Waals surface area (Å²) in [6.07, 6.45) is -4.39. The SMILES string of the molecule is FC(F)(F)c1ccc(-c2c(Br)c(-c3ccc(Cl)cc3)nn2-c2ccccc2)cc1. The maximum atomic E-state index is 13.0. The minimum atomic E-state index is -4.39. The van der Waals surface area contributed by atoms with Crippen LogP contribution in [0, 0.1) is 0 Å². The van der Waals surface area contributed by atoms with E-state index in [2.05, 4.69) is 15.9 Å². The summed E-state index contributed by atoms with van der Waals surface area (Å²) in [7, 11) is 0. The number of hydrogen-bond donors (Lipinski definition) is 0. The molecule has 0 atom stereocenters. The van der Waals surface area contributed by atoms with Gasteiger partial charge in [0.2, 0.25) is 0 Å². The van der Waals surface area contributed by atoms with Crippen molar-refractivity contribution in [2.75, 3.05) is 0 Å². The van der Waals surface area contributed by atoms with Crippen molar-refractivity contribution in [3.63, 3.8) is 0 Å². The van der Waals surface area contributed by atoms with Crippen LogP contribution in [0.15, 0.2) is 83.3 Å². The van der Waals surface area contributed by atoms with Gasteiger partial charge in [-0.25, -0.2) is 4.68 Å². The van der Waals surface area contributed by atoms with E-state index in [1.807, 2.05) is 42.5 Å². The van der Waals surface area contributed by atoms with Gasteiger partial charge in [0.25, 0.3) is 0 Å². The third-order valence-corrected chi connectivity index (χ3v) is 5.43. The number of aromatic nitrogens is 2. The van der Waals surface area contributed by atoms with Crippen LogP contribution in [0.2, 0.25) is 5.02 Å². The molecule has 0 fully saturated rings. The number of alkyl halides is 3. The number of rotatable bonds is 3. The fourth-order valence-corrected chi connectivity index (χ4v) is 3.84. The second-order valence-corrected chi connectivity index (χ2v) is 7.57. The Labute approximate surface area is 178 Å². The third kappa shape index (κ3) is 3.95. The van der Waals surface area contributed by atoms with E-state index in [-0.39, 0.29) is 0 Å². The van der Waals surface area contributed by atoms with Gasteiger partial charge in [-0.1, -0.05) is 54.1 Å². The zero-order chi connectivity index (χ0) is 20.6. The molecule has 0 aliphatic rings. The maximum Gasteiger partial charge on any atom is 0.416 e. The molecular weight excluding hydrogens is 465 g/mol. The van der Waals surface area contributed by atoms with E-state index in [1.54, 1.807) is 16.8 Å². The lowest BCUT2D eigenvalue weighted by molar-refractivity contribution is -0.137. The Morgan fingerprint density at radius 1 is 0.793 bits per heavy atom. The molecule has 0 amide bonds. The lowest BCUT2D eigenvalue weighted by Gasteiger charge is -2.10. The van der Waals surface area contributed by atoms with E-state index < -0.39 is 11.7 Å². The summed E-state index contributed by atoms with van der Waals surface area (Å²) < 4.78 is 41.3. The van der Waals surface area contributed by atoms with Crippen LogP contribution in [0.4, 0.5) is 13.2 Å². The highest BCUT2D eigenvalue weighted by Crippen LogP contribution is 2.39. The van der Waals surface area contributed by atoms with E-state index in [1.165, 1.54) is 12.1 Å². The number of nitrogens with zero attached hydrogens (tertiary/aromatic N) is 2. The summed E-state index contributed by atoms with van der Waals surface area (Å²) in [5.74, 6) is 0. The van der Waals surface area contributed by atoms with Gasteiger partial charge in [0.1, 0.15) is 5.69 Å². The summed E-state index contributed by atoms with van der Waals surface area (Å²) in [5.41, 5.74) is 2.88. The van der Waals surface area contributed by atoms with Crippen molar-refractivity contribution in [3.05, 3.63) is 93.9 Å². The lowest BCUT2D eigenvalue weighted by atomic mass is 10.1. The largest absolute Gasteiger partial charge is 0.416 e. The molecule has 146 valence electrons. The van der Waals surface area contributed by atoms with E-state index in [9.17, 15) is 13.2 Å². The van der Waals surface area contributed by atoms with Gasteiger partial charge in [0.05, 0.1) is 21.4 Å². The van der Waals surface area contributed by atoms with E-state index in [0.29, 0.717) is 26.4 Å². The van der Waals surface area contributed by atoms with Gasteiger partial charge in [0.15, 0.2) is 0 Å².